The van der Waals surface area contributed by atoms with Crippen LogP contribution in [-0.4, -0.2) is 43.4 Å². The standard InChI is InChI=1S/C29H38ClFN2O4S/c1-27(2,3)37-26(35)33-24(22(17-25(33)34)29(7,8)32-38(36)28(4,5)6)15-18-9-11-19(12-10-18)21-16-20(30)13-14-23(21)31/h9-14,16,22,24,32H,15,17H2,1-8H3/t22?,24-,38?/m1/s1. The number of nitrogens with one attached hydrogen (secondary N) is 1. The SMILES string of the molecule is CC(C)(C)OC(=O)N1C(=O)CC(C(C)(C)N[S+]([O-])C(C)(C)C)[C@H]1Cc1ccc(-c2cc(Cl)ccc2F)cc1. The van der Waals surface area contributed by atoms with Gasteiger partial charge in [-0.2, -0.15) is 0 Å². The van der Waals surface area contributed by atoms with Crippen LogP contribution in [0.2, 0.25) is 5.02 Å². The molecule has 0 bridgehead atoms. The van der Waals surface area contributed by atoms with Gasteiger partial charge in [0.05, 0.1) is 11.6 Å². The van der Waals surface area contributed by atoms with E-state index in [-0.39, 0.29) is 24.1 Å². The number of rotatable bonds is 6. The van der Waals surface area contributed by atoms with Gasteiger partial charge >= 0.3 is 6.09 Å². The highest BCUT2D eigenvalue weighted by Gasteiger charge is 2.52. The Kier molecular flexibility index (Phi) is 8.93. The molecule has 3 rings (SSSR count). The van der Waals surface area contributed by atoms with Crippen molar-refractivity contribution in [1.29, 1.82) is 0 Å². The van der Waals surface area contributed by atoms with Crippen molar-refractivity contribution in [3.05, 3.63) is 58.9 Å². The first kappa shape index (κ1) is 30.4. The molecule has 0 saturated carbocycles. The van der Waals surface area contributed by atoms with Gasteiger partial charge in [0.2, 0.25) is 5.91 Å². The minimum atomic E-state index is -1.38. The summed E-state index contributed by atoms with van der Waals surface area (Å²) in [6.07, 6.45) is -0.224. The molecule has 9 heteroatoms. The highest BCUT2D eigenvalue weighted by atomic mass is 35.5. The second-order valence-electron chi connectivity index (χ2n) is 12.4. The zero-order chi connectivity index (χ0) is 28.6. The van der Waals surface area contributed by atoms with Crippen LogP contribution in [0.5, 0.6) is 0 Å². The Bertz CT molecular complexity index is 1170. The van der Waals surface area contributed by atoms with Crippen LogP contribution in [-0.2, 0) is 27.3 Å². The summed E-state index contributed by atoms with van der Waals surface area (Å²) in [5.41, 5.74) is 0.411. The Morgan fingerprint density at radius 1 is 1.11 bits per heavy atom. The maximum atomic E-state index is 14.4. The van der Waals surface area contributed by atoms with Gasteiger partial charge in [0.15, 0.2) is 0 Å². The van der Waals surface area contributed by atoms with Crippen LogP contribution in [0.1, 0.15) is 67.4 Å². The van der Waals surface area contributed by atoms with E-state index < -0.39 is 39.4 Å². The van der Waals surface area contributed by atoms with E-state index in [9.17, 15) is 18.5 Å². The summed E-state index contributed by atoms with van der Waals surface area (Å²) in [6.45, 7) is 14.7. The molecule has 3 atom stereocenters. The fraction of sp³-hybridized carbons (Fsp3) is 0.517. The van der Waals surface area contributed by atoms with E-state index in [1.807, 2.05) is 46.8 Å². The second kappa shape index (κ2) is 11.2. The second-order valence-corrected chi connectivity index (χ2v) is 14.8. The van der Waals surface area contributed by atoms with Gasteiger partial charge in [-0.25, -0.2) is 14.1 Å². The molecule has 0 aromatic heterocycles. The molecule has 2 aromatic carbocycles. The highest BCUT2D eigenvalue weighted by molar-refractivity contribution is 7.90. The molecule has 1 aliphatic rings. The lowest BCUT2D eigenvalue weighted by molar-refractivity contribution is -0.128. The average Bonchev–Trinajstić information content (AvgIpc) is 3.10. The number of likely N-dealkylation sites (tertiary alicyclic amines) is 1. The Labute approximate surface area is 233 Å². The van der Waals surface area contributed by atoms with E-state index in [0.29, 0.717) is 22.6 Å². The van der Waals surface area contributed by atoms with Gasteiger partial charge in [-0.05, 0) is 91.1 Å². The van der Waals surface area contributed by atoms with Gasteiger partial charge in [-0.3, -0.25) is 4.79 Å². The molecular weight excluding hydrogens is 527 g/mol. The smallest absolute Gasteiger partial charge is 0.417 e. The number of nitrogens with zero attached hydrogens (tertiary/aromatic N) is 1. The van der Waals surface area contributed by atoms with Gasteiger partial charge in [0.25, 0.3) is 0 Å². The summed E-state index contributed by atoms with van der Waals surface area (Å²) in [5, 5.41) is 0.438. The average molecular weight is 565 g/mol. The third-order valence-electron chi connectivity index (χ3n) is 6.53. The van der Waals surface area contributed by atoms with E-state index >= 15 is 0 Å². The van der Waals surface area contributed by atoms with Crippen LogP contribution in [0, 0.1) is 11.7 Å². The first-order valence-electron chi connectivity index (χ1n) is 12.7. The number of imide groups is 1. The molecule has 0 aliphatic carbocycles. The van der Waals surface area contributed by atoms with E-state index in [0.717, 1.165) is 5.56 Å². The van der Waals surface area contributed by atoms with Crippen LogP contribution >= 0.6 is 11.6 Å². The number of carbonyl (C=O) groups is 2. The minimum absolute atomic E-state index is 0.108. The van der Waals surface area contributed by atoms with Gasteiger partial charge < -0.3 is 9.29 Å². The first-order chi connectivity index (χ1) is 17.4. The van der Waals surface area contributed by atoms with Crippen molar-refractivity contribution >= 4 is 35.0 Å². The molecule has 1 fully saturated rings. The van der Waals surface area contributed by atoms with Crippen LogP contribution in [0.15, 0.2) is 42.5 Å². The van der Waals surface area contributed by atoms with Gasteiger partial charge in [0.1, 0.15) is 16.2 Å². The molecule has 0 radical (unpaired) electrons. The lowest BCUT2D eigenvalue weighted by Crippen LogP contribution is -2.57. The maximum absolute atomic E-state index is 14.4. The number of hydrogen-bond donors (Lipinski definition) is 1. The van der Waals surface area contributed by atoms with Crippen LogP contribution in [0.4, 0.5) is 9.18 Å². The van der Waals surface area contributed by atoms with Crippen molar-refractivity contribution in [2.75, 3.05) is 0 Å². The van der Waals surface area contributed by atoms with Crippen LogP contribution in [0.3, 0.4) is 0 Å². The number of hydrogen-bond acceptors (Lipinski definition) is 5. The third-order valence-corrected chi connectivity index (χ3v) is 8.59. The fourth-order valence-electron chi connectivity index (χ4n) is 4.55. The zero-order valence-electron chi connectivity index (χ0n) is 23.4. The topological polar surface area (TPSA) is 81.7 Å². The molecule has 0 spiro atoms. The van der Waals surface area contributed by atoms with Crippen molar-refractivity contribution < 1.29 is 23.3 Å². The van der Waals surface area contributed by atoms with Gasteiger partial charge in [-0.1, -0.05) is 35.9 Å². The Morgan fingerprint density at radius 3 is 2.26 bits per heavy atom. The lowest BCUT2D eigenvalue weighted by atomic mass is 9.80. The van der Waals surface area contributed by atoms with Crippen LogP contribution < -0.4 is 4.72 Å². The van der Waals surface area contributed by atoms with E-state index in [1.54, 1.807) is 39.0 Å². The third kappa shape index (κ3) is 7.29. The van der Waals surface area contributed by atoms with Gasteiger partial charge in [0, 0.05) is 34.3 Å². The number of halogens is 2. The summed E-state index contributed by atoms with van der Waals surface area (Å²) in [4.78, 5) is 27.6. The van der Waals surface area contributed by atoms with Crippen LogP contribution in [0.25, 0.3) is 11.1 Å². The molecule has 38 heavy (non-hydrogen) atoms. The Hall–Kier alpha value is -2.13. The molecule has 1 N–H and O–H groups in total. The monoisotopic (exact) mass is 564 g/mol. The van der Waals surface area contributed by atoms with E-state index in [1.165, 1.54) is 17.0 Å². The number of benzene rings is 2. The van der Waals surface area contributed by atoms with E-state index in [2.05, 4.69) is 4.72 Å². The largest absolute Gasteiger partial charge is 0.598 e. The lowest BCUT2D eigenvalue weighted by Gasteiger charge is -2.39. The van der Waals surface area contributed by atoms with Crippen molar-refractivity contribution in [1.82, 2.24) is 9.62 Å². The van der Waals surface area contributed by atoms with E-state index in [4.69, 9.17) is 16.3 Å². The van der Waals surface area contributed by atoms with Crippen molar-refractivity contribution in [2.24, 2.45) is 5.92 Å². The summed E-state index contributed by atoms with van der Waals surface area (Å²) in [5.74, 6) is -1.04. The minimum Gasteiger partial charge on any atom is -0.598 e. The molecule has 208 valence electrons. The fourth-order valence-corrected chi connectivity index (χ4v) is 5.66. The summed E-state index contributed by atoms with van der Waals surface area (Å²) < 4.78 is 35.7. The normalized spacial score (nSPS) is 19.6. The summed E-state index contributed by atoms with van der Waals surface area (Å²) in [7, 11) is 0. The number of ether oxygens (including phenoxy) is 1. The molecule has 1 heterocycles. The van der Waals surface area contributed by atoms with Crippen molar-refractivity contribution in [2.45, 2.75) is 90.2 Å². The van der Waals surface area contributed by atoms with Gasteiger partial charge in [-0.15, -0.1) is 4.72 Å². The molecule has 2 aromatic rings. The number of amides is 2. The molecular formula is C29H38ClFN2O4S. The quantitative estimate of drug-likeness (QED) is 0.396. The maximum Gasteiger partial charge on any atom is 0.417 e. The summed E-state index contributed by atoms with van der Waals surface area (Å²) >= 11 is 4.68. The first-order valence-corrected chi connectivity index (χ1v) is 14.2. The van der Waals surface area contributed by atoms with Crippen molar-refractivity contribution in [3.63, 3.8) is 0 Å². The summed E-state index contributed by atoms with van der Waals surface area (Å²) in [6, 6.07) is 11.2. The Morgan fingerprint density at radius 2 is 1.71 bits per heavy atom. The molecule has 1 aliphatic heterocycles. The zero-order valence-corrected chi connectivity index (χ0v) is 24.9. The molecule has 2 amide bonds. The predicted molar refractivity (Wildman–Crippen MR) is 151 cm³/mol. The highest BCUT2D eigenvalue weighted by Crippen LogP contribution is 2.38. The molecule has 6 nitrogen and oxygen atoms in total. The molecule has 2 unspecified atom stereocenters. The molecule has 1 saturated heterocycles. The predicted octanol–water partition coefficient (Wildman–Crippen LogP) is 6.67. The number of carbonyl (C=O) groups excluding carboxylic acids is 2. The van der Waals surface area contributed by atoms with Crippen molar-refractivity contribution in [3.8, 4) is 11.1 Å². The Balaban J connectivity index is 1.95.